The van der Waals surface area contributed by atoms with Gasteiger partial charge in [-0.2, -0.15) is 0 Å². The molecule has 0 fully saturated rings. The van der Waals surface area contributed by atoms with E-state index in [1.165, 1.54) is 11.1 Å². The Morgan fingerprint density at radius 2 is 1.88 bits per heavy atom. The molecule has 1 atom stereocenters. The number of rotatable bonds is 5. The highest BCUT2D eigenvalue weighted by atomic mass is 16.1. The van der Waals surface area contributed by atoms with Crippen LogP contribution in [0.5, 0.6) is 0 Å². The number of nitrogens with zero attached hydrogens (tertiary/aromatic N) is 1. The van der Waals surface area contributed by atoms with Crippen LogP contribution in [0.3, 0.4) is 0 Å². The predicted molar refractivity (Wildman–Crippen MR) is 67.4 cm³/mol. The highest BCUT2D eigenvalue weighted by molar-refractivity contribution is 5.83. The topological polar surface area (TPSA) is 20.3 Å². The zero-order valence-electron chi connectivity index (χ0n) is 10.7. The first-order valence-corrected chi connectivity index (χ1v) is 5.83. The predicted octanol–water partition coefficient (Wildman–Crippen LogP) is 2.79. The third kappa shape index (κ3) is 3.46. The monoisotopic (exact) mass is 219 g/mol. The fourth-order valence-electron chi connectivity index (χ4n) is 1.66. The van der Waals surface area contributed by atoms with Crippen molar-refractivity contribution in [2.45, 2.75) is 39.8 Å². The van der Waals surface area contributed by atoms with E-state index in [0.717, 1.165) is 6.54 Å². The highest BCUT2D eigenvalue weighted by Gasteiger charge is 2.15. The largest absolute Gasteiger partial charge is 0.298 e. The van der Waals surface area contributed by atoms with Crippen LogP contribution in [0.2, 0.25) is 0 Å². The number of likely N-dealkylation sites (N-methyl/N-ethyl adjacent to an activating group) is 1. The average Bonchev–Trinajstić information content (AvgIpc) is 2.30. The van der Waals surface area contributed by atoms with Gasteiger partial charge in [0.2, 0.25) is 0 Å². The summed E-state index contributed by atoms with van der Waals surface area (Å²) in [7, 11) is 2.00. The minimum Gasteiger partial charge on any atom is -0.298 e. The third-order valence-electron chi connectivity index (χ3n) is 3.03. The molecule has 16 heavy (non-hydrogen) atoms. The maximum absolute atomic E-state index is 11.6. The van der Waals surface area contributed by atoms with Gasteiger partial charge in [0.05, 0.1) is 6.04 Å². The van der Waals surface area contributed by atoms with Crippen LogP contribution in [0, 0.1) is 6.92 Å². The summed E-state index contributed by atoms with van der Waals surface area (Å²) >= 11 is 0. The fraction of sp³-hybridized carbons (Fsp3) is 0.500. The second-order valence-electron chi connectivity index (χ2n) is 4.40. The van der Waals surface area contributed by atoms with Gasteiger partial charge in [0.15, 0.2) is 0 Å². The second-order valence-corrected chi connectivity index (χ2v) is 4.40. The number of hydrogen-bond donors (Lipinski definition) is 0. The van der Waals surface area contributed by atoms with Crippen LogP contribution >= 0.6 is 0 Å². The van der Waals surface area contributed by atoms with Crippen molar-refractivity contribution in [2.24, 2.45) is 0 Å². The molecule has 0 N–H and O–H groups in total. The van der Waals surface area contributed by atoms with Gasteiger partial charge in [0.1, 0.15) is 5.78 Å². The minimum absolute atomic E-state index is 0.00584. The Hall–Kier alpha value is -1.15. The van der Waals surface area contributed by atoms with E-state index in [0.29, 0.717) is 12.2 Å². The molecule has 0 radical (unpaired) electrons. The van der Waals surface area contributed by atoms with Crippen LogP contribution in [0.25, 0.3) is 0 Å². The number of aryl methyl sites for hydroxylation is 1. The Kier molecular flexibility index (Phi) is 4.69. The number of Topliss-reactive ketones (excluding diaryl/α,β-unsaturated/α-hetero) is 1. The molecule has 88 valence electrons. The number of carbonyl (C=O) groups is 1. The summed E-state index contributed by atoms with van der Waals surface area (Å²) in [5, 5.41) is 0. The third-order valence-corrected chi connectivity index (χ3v) is 3.03. The Morgan fingerprint density at radius 1 is 1.31 bits per heavy atom. The molecule has 0 spiro atoms. The van der Waals surface area contributed by atoms with Crippen molar-refractivity contribution in [1.82, 2.24) is 4.90 Å². The van der Waals surface area contributed by atoms with Gasteiger partial charge in [0.25, 0.3) is 0 Å². The SMILES string of the molecule is CCC(=O)C(C)N(C)Cc1ccc(C)cc1. The van der Waals surface area contributed by atoms with E-state index in [2.05, 4.69) is 36.1 Å². The molecule has 0 aliphatic rings. The molecule has 0 saturated heterocycles. The molecule has 0 aromatic heterocycles. The summed E-state index contributed by atoms with van der Waals surface area (Å²) in [4.78, 5) is 13.6. The summed E-state index contributed by atoms with van der Waals surface area (Å²) in [5.74, 6) is 0.301. The lowest BCUT2D eigenvalue weighted by molar-refractivity contribution is -0.123. The van der Waals surface area contributed by atoms with Crippen LogP contribution < -0.4 is 0 Å². The molecule has 0 bridgehead atoms. The Labute approximate surface area is 98.3 Å². The molecule has 0 heterocycles. The van der Waals surface area contributed by atoms with Gasteiger partial charge in [0, 0.05) is 13.0 Å². The quantitative estimate of drug-likeness (QED) is 0.759. The van der Waals surface area contributed by atoms with Crippen LogP contribution in [0.1, 0.15) is 31.4 Å². The van der Waals surface area contributed by atoms with Crippen LogP contribution in [0.4, 0.5) is 0 Å². The molecule has 2 nitrogen and oxygen atoms in total. The number of hydrogen-bond acceptors (Lipinski definition) is 2. The lowest BCUT2D eigenvalue weighted by Crippen LogP contribution is -2.35. The van der Waals surface area contributed by atoms with E-state index < -0.39 is 0 Å². The molecule has 1 aromatic rings. The Balaban J connectivity index is 2.60. The van der Waals surface area contributed by atoms with E-state index >= 15 is 0 Å². The summed E-state index contributed by atoms with van der Waals surface area (Å²) < 4.78 is 0. The molecule has 0 saturated carbocycles. The Morgan fingerprint density at radius 3 is 2.38 bits per heavy atom. The molecule has 0 aliphatic carbocycles. The lowest BCUT2D eigenvalue weighted by Gasteiger charge is -2.23. The van der Waals surface area contributed by atoms with Gasteiger partial charge in [-0.1, -0.05) is 36.8 Å². The highest BCUT2D eigenvalue weighted by Crippen LogP contribution is 2.09. The standard InChI is InChI=1S/C14H21NO/c1-5-14(16)12(3)15(4)10-13-8-6-11(2)7-9-13/h6-9,12H,5,10H2,1-4H3. The average molecular weight is 219 g/mol. The van der Waals surface area contributed by atoms with Gasteiger partial charge >= 0.3 is 0 Å². The first-order chi connectivity index (χ1) is 7.54. The zero-order valence-corrected chi connectivity index (χ0v) is 10.7. The molecular weight excluding hydrogens is 198 g/mol. The van der Waals surface area contributed by atoms with Gasteiger partial charge in [-0.3, -0.25) is 9.69 Å². The molecule has 0 aliphatic heterocycles. The molecule has 1 aromatic carbocycles. The fourth-order valence-corrected chi connectivity index (χ4v) is 1.66. The van der Waals surface area contributed by atoms with Crippen molar-refractivity contribution in [1.29, 1.82) is 0 Å². The van der Waals surface area contributed by atoms with Crippen molar-refractivity contribution in [3.05, 3.63) is 35.4 Å². The summed E-state index contributed by atoms with van der Waals surface area (Å²) in [6.45, 7) is 6.79. The first kappa shape index (κ1) is 12.9. The van der Waals surface area contributed by atoms with Gasteiger partial charge in [-0.05, 0) is 26.5 Å². The second kappa shape index (κ2) is 5.80. The number of benzene rings is 1. The lowest BCUT2D eigenvalue weighted by atomic mass is 10.1. The van der Waals surface area contributed by atoms with E-state index in [4.69, 9.17) is 0 Å². The van der Waals surface area contributed by atoms with Crippen LogP contribution in [0.15, 0.2) is 24.3 Å². The summed E-state index contributed by atoms with van der Waals surface area (Å²) in [6.07, 6.45) is 0.611. The van der Waals surface area contributed by atoms with Crippen molar-refractivity contribution < 1.29 is 4.79 Å². The molecule has 0 amide bonds. The van der Waals surface area contributed by atoms with Gasteiger partial charge in [-0.25, -0.2) is 0 Å². The normalized spacial score (nSPS) is 12.8. The van der Waals surface area contributed by atoms with E-state index in [1.807, 2.05) is 20.9 Å². The van der Waals surface area contributed by atoms with E-state index in [1.54, 1.807) is 0 Å². The van der Waals surface area contributed by atoms with Crippen molar-refractivity contribution >= 4 is 5.78 Å². The molecule has 2 heteroatoms. The summed E-state index contributed by atoms with van der Waals surface area (Å²) in [5.41, 5.74) is 2.52. The maximum atomic E-state index is 11.6. The molecule has 1 rings (SSSR count). The summed E-state index contributed by atoms with van der Waals surface area (Å²) in [6, 6.07) is 8.46. The van der Waals surface area contributed by atoms with Crippen LogP contribution in [-0.2, 0) is 11.3 Å². The smallest absolute Gasteiger partial charge is 0.149 e. The van der Waals surface area contributed by atoms with Gasteiger partial charge in [-0.15, -0.1) is 0 Å². The van der Waals surface area contributed by atoms with E-state index in [9.17, 15) is 4.79 Å². The number of carbonyl (C=O) groups excluding carboxylic acids is 1. The first-order valence-electron chi connectivity index (χ1n) is 5.83. The maximum Gasteiger partial charge on any atom is 0.149 e. The van der Waals surface area contributed by atoms with Crippen molar-refractivity contribution in [3.8, 4) is 0 Å². The zero-order chi connectivity index (χ0) is 12.1. The minimum atomic E-state index is 0.00584. The van der Waals surface area contributed by atoms with Crippen molar-refractivity contribution in [2.75, 3.05) is 7.05 Å². The van der Waals surface area contributed by atoms with Gasteiger partial charge < -0.3 is 0 Å². The Bertz CT molecular complexity index is 342. The molecular formula is C14H21NO. The molecule has 1 unspecified atom stereocenters. The van der Waals surface area contributed by atoms with Crippen molar-refractivity contribution in [3.63, 3.8) is 0 Å². The number of ketones is 1. The van der Waals surface area contributed by atoms with E-state index in [-0.39, 0.29) is 6.04 Å². The van der Waals surface area contributed by atoms with Crippen LogP contribution in [-0.4, -0.2) is 23.8 Å².